The number of aliphatic hydroxyl groups excluding tert-OH is 2. The lowest BCUT2D eigenvalue weighted by Gasteiger charge is -2.44. The van der Waals surface area contributed by atoms with Gasteiger partial charge in [-0.3, -0.25) is 9.88 Å². The molecule has 4 N–H and O–H groups in total. The number of ether oxygens (including phenoxy) is 1. The second-order valence-corrected chi connectivity index (χ2v) is 9.85. The van der Waals surface area contributed by atoms with Gasteiger partial charge in [0.2, 0.25) is 0 Å². The lowest BCUT2D eigenvalue weighted by atomic mass is 10.0. The van der Waals surface area contributed by atoms with Crippen molar-refractivity contribution in [2.45, 2.75) is 24.6 Å². The maximum absolute atomic E-state index is 12.8. The van der Waals surface area contributed by atoms with E-state index in [-0.39, 0.29) is 19.2 Å². The minimum atomic E-state index is -4.54. The molecule has 4 rings (SSSR count). The average molecular weight is 571 g/mol. The molecule has 3 atom stereocenters. The third kappa shape index (κ3) is 7.07. The molecule has 0 amide bonds. The van der Waals surface area contributed by atoms with Crippen molar-refractivity contribution >= 4 is 28.9 Å². The first-order chi connectivity index (χ1) is 18.0. The summed E-state index contributed by atoms with van der Waals surface area (Å²) in [5, 5.41) is 21.1. The summed E-state index contributed by atoms with van der Waals surface area (Å²) in [4.78, 5) is 7.65. The second kappa shape index (κ2) is 12.1. The standard InChI is InChI=1S/C26H27Cl2F3N4O3/c27-18-4-1-16(2-5-18)22-13-34(14-23(36)17-3-8-24(33-12-17)26(29,30)31)9-10-35(22)21-7-6-19(11-20(21)28)38-15-25(32)37/h1-8,11-12,22-23,25,36-37H,9-10,13-15,32H2/t22-,23+,25-/m0/s1. The van der Waals surface area contributed by atoms with Crippen LogP contribution in [0, 0.1) is 0 Å². The van der Waals surface area contributed by atoms with Gasteiger partial charge in [0.05, 0.1) is 22.9 Å². The summed E-state index contributed by atoms with van der Waals surface area (Å²) in [5.41, 5.74) is 6.40. The van der Waals surface area contributed by atoms with Crippen LogP contribution >= 0.6 is 23.2 Å². The van der Waals surface area contributed by atoms with Crippen molar-refractivity contribution in [3.05, 3.63) is 87.7 Å². The predicted octanol–water partition coefficient (Wildman–Crippen LogP) is 4.66. The monoisotopic (exact) mass is 570 g/mol. The molecular formula is C26H27Cl2F3N4O3. The van der Waals surface area contributed by atoms with E-state index in [1.54, 1.807) is 24.3 Å². The van der Waals surface area contributed by atoms with Gasteiger partial charge in [-0.15, -0.1) is 0 Å². The van der Waals surface area contributed by atoms with E-state index in [2.05, 4.69) is 9.88 Å². The van der Waals surface area contributed by atoms with Gasteiger partial charge < -0.3 is 25.6 Å². The van der Waals surface area contributed by atoms with Gasteiger partial charge >= 0.3 is 6.18 Å². The van der Waals surface area contributed by atoms with Crippen LogP contribution in [0.1, 0.15) is 29.0 Å². The van der Waals surface area contributed by atoms with Crippen LogP contribution in [0.15, 0.2) is 60.8 Å². The fourth-order valence-electron chi connectivity index (χ4n) is 4.38. The molecule has 1 aromatic heterocycles. The summed E-state index contributed by atoms with van der Waals surface area (Å²) in [6.07, 6.45) is -5.60. The number of piperazine rings is 1. The van der Waals surface area contributed by atoms with Gasteiger partial charge in [0.15, 0.2) is 0 Å². The highest BCUT2D eigenvalue weighted by Crippen LogP contribution is 2.38. The van der Waals surface area contributed by atoms with Gasteiger partial charge in [0.25, 0.3) is 0 Å². The third-order valence-corrected chi connectivity index (χ3v) is 6.82. The maximum atomic E-state index is 12.8. The molecule has 7 nitrogen and oxygen atoms in total. The molecule has 0 aliphatic carbocycles. The van der Waals surface area contributed by atoms with E-state index in [1.165, 1.54) is 6.07 Å². The molecule has 12 heteroatoms. The Bertz CT molecular complexity index is 1210. The number of halogens is 5. The van der Waals surface area contributed by atoms with Crippen LogP contribution in [0.5, 0.6) is 5.75 Å². The molecule has 3 aromatic rings. The Morgan fingerprint density at radius 3 is 2.39 bits per heavy atom. The van der Waals surface area contributed by atoms with Crippen molar-refractivity contribution in [2.75, 3.05) is 37.7 Å². The molecular weight excluding hydrogens is 544 g/mol. The topological polar surface area (TPSA) is 95.1 Å². The number of β-amino-alcohol motifs (C(OH)–C–C–N with tert-alkyl or cyclic N) is 1. The highest BCUT2D eigenvalue weighted by Gasteiger charge is 2.33. The summed E-state index contributed by atoms with van der Waals surface area (Å²) >= 11 is 12.7. The normalized spacial score (nSPS) is 18.3. The maximum Gasteiger partial charge on any atom is 0.433 e. The Morgan fingerprint density at radius 1 is 1.05 bits per heavy atom. The van der Waals surface area contributed by atoms with Crippen LogP contribution in [0.25, 0.3) is 0 Å². The number of anilines is 1. The molecule has 0 unspecified atom stereocenters. The van der Waals surface area contributed by atoms with Gasteiger partial charge in [0, 0.05) is 49.0 Å². The number of aliphatic hydroxyl groups is 2. The number of hydrogen-bond donors (Lipinski definition) is 3. The van der Waals surface area contributed by atoms with E-state index in [1.807, 2.05) is 23.1 Å². The van der Waals surface area contributed by atoms with E-state index >= 15 is 0 Å². The number of nitrogens with zero attached hydrogens (tertiary/aromatic N) is 3. The van der Waals surface area contributed by atoms with E-state index in [0.29, 0.717) is 41.0 Å². The number of aromatic nitrogens is 1. The zero-order valence-corrected chi connectivity index (χ0v) is 21.7. The first kappa shape index (κ1) is 28.4. The Hall–Kier alpha value is -2.60. The molecule has 0 radical (unpaired) electrons. The number of benzene rings is 2. The molecule has 2 heterocycles. The van der Waals surface area contributed by atoms with E-state index in [4.69, 9.17) is 33.7 Å². The molecule has 1 aliphatic heterocycles. The molecule has 0 spiro atoms. The van der Waals surface area contributed by atoms with Crippen molar-refractivity contribution in [1.29, 1.82) is 0 Å². The fraction of sp³-hybridized carbons (Fsp3) is 0.346. The highest BCUT2D eigenvalue weighted by atomic mass is 35.5. The van der Waals surface area contributed by atoms with Crippen LogP contribution in [0.3, 0.4) is 0 Å². The quantitative estimate of drug-likeness (QED) is 0.339. The summed E-state index contributed by atoms with van der Waals surface area (Å²) in [5.74, 6) is 0.471. The summed E-state index contributed by atoms with van der Waals surface area (Å²) < 4.78 is 44.0. The van der Waals surface area contributed by atoms with Crippen LogP contribution in [-0.2, 0) is 6.18 Å². The number of nitrogens with two attached hydrogens (primary N) is 1. The van der Waals surface area contributed by atoms with Crippen molar-refractivity contribution in [3.63, 3.8) is 0 Å². The van der Waals surface area contributed by atoms with Crippen LogP contribution < -0.4 is 15.4 Å². The lowest BCUT2D eigenvalue weighted by molar-refractivity contribution is -0.141. The Balaban J connectivity index is 1.52. The van der Waals surface area contributed by atoms with E-state index in [0.717, 1.165) is 23.5 Å². The van der Waals surface area contributed by atoms with Gasteiger partial charge in [0.1, 0.15) is 24.3 Å². The number of hydrogen-bond acceptors (Lipinski definition) is 7. The number of alkyl halides is 3. The van der Waals surface area contributed by atoms with Crippen LogP contribution in [0.2, 0.25) is 10.0 Å². The molecule has 1 saturated heterocycles. The lowest BCUT2D eigenvalue weighted by Crippen LogP contribution is -2.49. The molecule has 1 fully saturated rings. The zero-order valence-electron chi connectivity index (χ0n) is 20.2. The molecule has 38 heavy (non-hydrogen) atoms. The Morgan fingerprint density at radius 2 is 1.79 bits per heavy atom. The predicted molar refractivity (Wildman–Crippen MR) is 139 cm³/mol. The number of rotatable bonds is 8. The highest BCUT2D eigenvalue weighted by molar-refractivity contribution is 6.33. The van der Waals surface area contributed by atoms with Gasteiger partial charge in [-0.05, 0) is 35.9 Å². The minimum absolute atomic E-state index is 0.0709. The summed E-state index contributed by atoms with van der Waals surface area (Å²) in [7, 11) is 0. The molecule has 0 bridgehead atoms. The van der Waals surface area contributed by atoms with Gasteiger partial charge in [-0.2, -0.15) is 13.2 Å². The van der Waals surface area contributed by atoms with Crippen molar-refractivity contribution in [3.8, 4) is 5.75 Å². The molecule has 1 aliphatic rings. The van der Waals surface area contributed by atoms with Crippen molar-refractivity contribution in [1.82, 2.24) is 9.88 Å². The van der Waals surface area contributed by atoms with E-state index < -0.39 is 24.2 Å². The average Bonchev–Trinajstić information content (AvgIpc) is 2.88. The zero-order chi connectivity index (χ0) is 27.4. The molecule has 0 saturated carbocycles. The largest absolute Gasteiger partial charge is 0.489 e. The minimum Gasteiger partial charge on any atom is -0.489 e. The van der Waals surface area contributed by atoms with Gasteiger partial charge in [-0.25, -0.2) is 0 Å². The SMILES string of the molecule is N[C@@H](O)COc1ccc(N2CCN(C[C@@H](O)c3ccc(C(F)(F)F)nc3)C[C@H]2c2ccc(Cl)cc2)c(Cl)c1. The third-order valence-electron chi connectivity index (χ3n) is 6.26. The summed E-state index contributed by atoms with van der Waals surface area (Å²) in [6.45, 7) is 1.79. The molecule has 204 valence electrons. The fourth-order valence-corrected chi connectivity index (χ4v) is 4.78. The Labute approximate surface area is 228 Å². The van der Waals surface area contributed by atoms with Gasteiger partial charge in [-0.1, -0.05) is 41.4 Å². The first-order valence-corrected chi connectivity index (χ1v) is 12.6. The van der Waals surface area contributed by atoms with Crippen molar-refractivity contribution < 1.29 is 28.1 Å². The van der Waals surface area contributed by atoms with Crippen LogP contribution in [-0.4, -0.2) is 59.1 Å². The first-order valence-electron chi connectivity index (χ1n) is 11.8. The smallest absolute Gasteiger partial charge is 0.433 e. The van der Waals surface area contributed by atoms with Crippen LogP contribution in [0.4, 0.5) is 18.9 Å². The molecule has 2 aromatic carbocycles. The Kier molecular flexibility index (Phi) is 9.02. The number of pyridine rings is 1. The van der Waals surface area contributed by atoms with Crippen molar-refractivity contribution in [2.24, 2.45) is 5.73 Å². The van der Waals surface area contributed by atoms with E-state index in [9.17, 15) is 23.4 Å². The second-order valence-electron chi connectivity index (χ2n) is 9.00. The summed E-state index contributed by atoms with van der Waals surface area (Å²) in [6, 6.07) is 14.7.